The lowest BCUT2D eigenvalue weighted by molar-refractivity contribution is -0.0140. The van der Waals surface area contributed by atoms with Crippen molar-refractivity contribution in [2.24, 2.45) is 0 Å². The van der Waals surface area contributed by atoms with E-state index in [-0.39, 0.29) is 30.1 Å². The Labute approximate surface area is 178 Å². The fourth-order valence-corrected chi connectivity index (χ4v) is 5.52. The number of benzene rings is 2. The highest BCUT2D eigenvalue weighted by Gasteiger charge is 2.46. The van der Waals surface area contributed by atoms with E-state index in [1.165, 1.54) is 5.56 Å². The van der Waals surface area contributed by atoms with Crippen molar-refractivity contribution in [1.29, 1.82) is 0 Å². The fraction of sp³-hybridized carbons (Fsp3) is 0.520. The fourth-order valence-electron chi connectivity index (χ4n) is 5.52. The van der Waals surface area contributed by atoms with E-state index in [0.29, 0.717) is 0 Å². The first-order chi connectivity index (χ1) is 14.3. The second kappa shape index (κ2) is 6.55. The standard InChI is InChI=1S/C25H30O5/c1-10-14(5)28-23-20-17(9-16(26-7)12(3)18(10)20)30-25-21(23)22(27-8)13(4)19-11(2)15(6)29-24(19)25/h9-11,14-15,23H,1-8H3. The van der Waals surface area contributed by atoms with E-state index in [0.717, 1.165) is 56.6 Å². The van der Waals surface area contributed by atoms with Crippen LogP contribution in [0.4, 0.5) is 0 Å². The minimum Gasteiger partial charge on any atom is -0.496 e. The van der Waals surface area contributed by atoms with E-state index >= 15 is 0 Å². The van der Waals surface area contributed by atoms with Gasteiger partial charge < -0.3 is 23.7 Å². The number of hydrogen-bond donors (Lipinski definition) is 0. The molecule has 2 aromatic carbocycles. The smallest absolute Gasteiger partial charge is 0.179 e. The summed E-state index contributed by atoms with van der Waals surface area (Å²) in [5, 5.41) is 0. The first-order valence-corrected chi connectivity index (χ1v) is 10.8. The number of rotatable bonds is 2. The molecule has 0 saturated heterocycles. The molecular formula is C25H30O5. The lowest BCUT2D eigenvalue weighted by atomic mass is 9.78. The molecule has 30 heavy (non-hydrogen) atoms. The Balaban J connectivity index is 1.85. The molecule has 5 atom stereocenters. The zero-order valence-corrected chi connectivity index (χ0v) is 19.0. The summed E-state index contributed by atoms with van der Waals surface area (Å²) in [6, 6.07) is 1.98. The quantitative estimate of drug-likeness (QED) is 0.615. The molecule has 0 amide bonds. The third kappa shape index (κ3) is 2.33. The van der Waals surface area contributed by atoms with Gasteiger partial charge in [-0.15, -0.1) is 0 Å². The molecule has 5 rings (SSSR count). The summed E-state index contributed by atoms with van der Waals surface area (Å²) in [7, 11) is 3.43. The van der Waals surface area contributed by atoms with Crippen molar-refractivity contribution in [1.82, 2.24) is 0 Å². The summed E-state index contributed by atoms with van der Waals surface area (Å²) in [6.07, 6.45) is -0.137. The molecule has 0 aromatic heterocycles. The Hall–Kier alpha value is -2.40. The molecule has 0 N–H and O–H groups in total. The topological polar surface area (TPSA) is 46.2 Å². The van der Waals surface area contributed by atoms with Crippen LogP contribution in [-0.2, 0) is 4.74 Å². The van der Waals surface area contributed by atoms with Crippen LogP contribution in [0.15, 0.2) is 6.07 Å². The largest absolute Gasteiger partial charge is 0.496 e. The van der Waals surface area contributed by atoms with Gasteiger partial charge in [0.25, 0.3) is 0 Å². The van der Waals surface area contributed by atoms with Crippen molar-refractivity contribution in [3.63, 3.8) is 0 Å². The zero-order chi connectivity index (χ0) is 21.5. The molecule has 0 saturated carbocycles. The van der Waals surface area contributed by atoms with Gasteiger partial charge in [-0.3, -0.25) is 0 Å². The third-order valence-electron chi connectivity index (χ3n) is 7.41. The van der Waals surface area contributed by atoms with Gasteiger partial charge in [0.05, 0.1) is 25.9 Å². The van der Waals surface area contributed by atoms with Crippen LogP contribution in [0.1, 0.15) is 79.0 Å². The highest BCUT2D eigenvalue weighted by molar-refractivity contribution is 5.72. The lowest BCUT2D eigenvalue weighted by Crippen LogP contribution is -2.31. The Kier molecular flexibility index (Phi) is 4.27. The van der Waals surface area contributed by atoms with Crippen molar-refractivity contribution in [3.8, 4) is 28.7 Å². The molecule has 0 fully saturated rings. The number of ether oxygens (including phenoxy) is 5. The predicted molar refractivity (Wildman–Crippen MR) is 115 cm³/mol. The number of hydrogen-bond acceptors (Lipinski definition) is 5. The molecular weight excluding hydrogens is 380 g/mol. The van der Waals surface area contributed by atoms with Gasteiger partial charge in [-0.05, 0) is 44.4 Å². The van der Waals surface area contributed by atoms with Gasteiger partial charge in [-0.1, -0.05) is 13.8 Å². The highest BCUT2D eigenvalue weighted by Crippen LogP contribution is 2.62. The normalized spacial score (nSPS) is 28.1. The molecule has 3 heterocycles. The predicted octanol–water partition coefficient (Wildman–Crippen LogP) is 5.92. The Bertz CT molecular complexity index is 1060. The number of methoxy groups -OCH3 is 2. The summed E-state index contributed by atoms with van der Waals surface area (Å²) < 4.78 is 31.2. The maximum absolute atomic E-state index is 6.62. The van der Waals surface area contributed by atoms with Crippen LogP contribution in [0.5, 0.6) is 28.7 Å². The minimum atomic E-state index is -0.261. The van der Waals surface area contributed by atoms with E-state index in [4.69, 9.17) is 23.7 Å². The summed E-state index contributed by atoms with van der Waals surface area (Å²) in [5.41, 5.74) is 6.69. The van der Waals surface area contributed by atoms with Gasteiger partial charge in [-0.2, -0.15) is 0 Å². The molecule has 0 radical (unpaired) electrons. The second-order valence-corrected chi connectivity index (χ2v) is 8.90. The van der Waals surface area contributed by atoms with E-state index in [1.807, 2.05) is 6.07 Å². The van der Waals surface area contributed by atoms with Crippen LogP contribution in [0.25, 0.3) is 0 Å². The van der Waals surface area contributed by atoms with Crippen LogP contribution in [0.2, 0.25) is 0 Å². The highest BCUT2D eigenvalue weighted by atomic mass is 16.5. The summed E-state index contributed by atoms with van der Waals surface area (Å²) in [6.45, 7) is 12.9. The van der Waals surface area contributed by atoms with E-state index in [1.54, 1.807) is 14.2 Å². The first-order valence-electron chi connectivity index (χ1n) is 10.8. The molecule has 3 aliphatic rings. The Morgan fingerprint density at radius 3 is 2.13 bits per heavy atom. The number of fused-ring (bicyclic) bond motifs is 4. The van der Waals surface area contributed by atoms with Gasteiger partial charge in [-0.25, -0.2) is 0 Å². The molecule has 160 valence electrons. The molecule has 3 aliphatic heterocycles. The van der Waals surface area contributed by atoms with E-state index in [2.05, 4.69) is 41.5 Å². The maximum atomic E-state index is 6.62. The Morgan fingerprint density at radius 1 is 0.767 bits per heavy atom. The average molecular weight is 411 g/mol. The van der Waals surface area contributed by atoms with Crippen LogP contribution < -0.4 is 18.9 Å². The third-order valence-corrected chi connectivity index (χ3v) is 7.41. The summed E-state index contributed by atoms with van der Waals surface area (Å²) in [5.74, 6) is 4.50. The van der Waals surface area contributed by atoms with Crippen LogP contribution in [-0.4, -0.2) is 26.4 Å². The van der Waals surface area contributed by atoms with Gasteiger partial charge in [0, 0.05) is 29.0 Å². The summed E-state index contributed by atoms with van der Waals surface area (Å²) in [4.78, 5) is 0. The van der Waals surface area contributed by atoms with Crippen LogP contribution in [0, 0.1) is 13.8 Å². The van der Waals surface area contributed by atoms with Crippen molar-refractivity contribution in [2.45, 2.75) is 71.7 Å². The molecule has 0 spiro atoms. The molecule has 5 nitrogen and oxygen atoms in total. The molecule has 5 heteroatoms. The average Bonchev–Trinajstić information content (AvgIpc) is 3.02. The van der Waals surface area contributed by atoms with Crippen LogP contribution >= 0.6 is 0 Å². The van der Waals surface area contributed by atoms with Gasteiger partial charge in [0.2, 0.25) is 0 Å². The Morgan fingerprint density at radius 2 is 1.47 bits per heavy atom. The van der Waals surface area contributed by atoms with E-state index in [9.17, 15) is 0 Å². The molecule has 0 bridgehead atoms. The minimum absolute atomic E-state index is 0.0455. The van der Waals surface area contributed by atoms with Crippen molar-refractivity contribution < 1.29 is 23.7 Å². The van der Waals surface area contributed by atoms with Crippen molar-refractivity contribution in [3.05, 3.63) is 39.4 Å². The first kappa shape index (κ1) is 19.6. The van der Waals surface area contributed by atoms with Gasteiger partial charge >= 0.3 is 0 Å². The SMILES string of the molecule is COc1cc2c3c(c1C)C(C)C(C)OC3c1c(OC)c(C)c3c(c1O2)OC(C)C3C. The second-order valence-electron chi connectivity index (χ2n) is 8.90. The summed E-state index contributed by atoms with van der Waals surface area (Å²) >= 11 is 0. The van der Waals surface area contributed by atoms with Gasteiger partial charge in [0.15, 0.2) is 11.5 Å². The molecule has 0 aliphatic carbocycles. The zero-order valence-electron chi connectivity index (χ0n) is 19.0. The van der Waals surface area contributed by atoms with Crippen molar-refractivity contribution >= 4 is 0 Å². The molecule has 2 aromatic rings. The van der Waals surface area contributed by atoms with Crippen LogP contribution in [0.3, 0.4) is 0 Å². The lowest BCUT2D eigenvalue weighted by Gasteiger charge is -2.41. The van der Waals surface area contributed by atoms with Gasteiger partial charge in [0.1, 0.15) is 29.5 Å². The van der Waals surface area contributed by atoms with E-state index < -0.39 is 0 Å². The molecule has 5 unspecified atom stereocenters. The maximum Gasteiger partial charge on any atom is 0.179 e. The van der Waals surface area contributed by atoms with Crippen molar-refractivity contribution in [2.75, 3.05) is 14.2 Å². The monoisotopic (exact) mass is 410 g/mol.